The minimum atomic E-state index is 0.541. The summed E-state index contributed by atoms with van der Waals surface area (Å²) in [6.45, 7) is 6.85. The molecular formula is C17H23N3O. The second kappa shape index (κ2) is 5.02. The van der Waals surface area contributed by atoms with Gasteiger partial charge in [0.2, 0.25) is 0 Å². The first-order chi connectivity index (χ1) is 10.2. The Morgan fingerprint density at radius 2 is 2.14 bits per heavy atom. The summed E-state index contributed by atoms with van der Waals surface area (Å²) in [6.07, 6.45) is 3.67. The summed E-state index contributed by atoms with van der Waals surface area (Å²) in [5.41, 5.74) is 3.06. The van der Waals surface area contributed by atoms with Crippen molar-refractivity contribution in [3.8, 4) is 0 Å². The number of hydrogen-bond acceptors (Lipinski definition) is 4. The standard InChI is InChI=1S/C17H23N3O/c1-11(2)20-8-7-14(10-20)18-13-5-6-16-15(9-13)19-17(21-16)12-3-4-12/h5-6,9,11-12,14,18H,3-4,7-8,10H2,1-2H3. The van der Waals surface area contributed by atoms with Crippen molar-refractivity contribution in [3.63, 3.8) is 0 Å². The molecule has 1 aromatic carbocycles. The van der Waals surface area contributed by atoms with Crippen molar-refractivity contribution < 1.29 is 4.42 Å². The number of oxazole rings is 1. The second-order valence-corrected chi connectivity index (χ2v) is 6.73. The third-order valence-electron chi connectivity index (χ3n) is 4.65. The molecule has 1 saturated heterocycles. The van der Waals surface area contributed by atoms with Crippen molar-refractivity contribution in [3.05, 3.63) is 24.1 Å². The Labute approximate surface area is 125 Å². The van der Waals surface area contributed by atoms with E-state index < -0.39 is 0 Å². The fourth-order valence-corrected chi connectivity index (χ4v) is 3.15. The number of nitrogens with zero attached hydrogens (tertiary/aromatic N) is 2. The van der Waals surface area contributed by atoms with E-state index in [0.717, 1.165) is 29.2 Å². The van der Waals surface area contributed by atoms with Crippen LogP contribution >= 0.6 is 0 Å². The van der Waals surface area contributed by atoms with Crippen molar-refractivity contribution in [1.29, 1.82) is 0 Å². The summed E-state index contributed by atoms with van der Waals surface area (Å²) in [4.78, 5) is 7.16. The molecule has 1 aliphatic carbocycles. The maximum atomic E-state index is 5.82. The normalized spacial score (nSPS) is 23.3. The zero-order valence-corrected chi connectivity index (χ0v) is 12.8. The van der Waals surface area contributed by atoms with Crippen molar-refractivity contribution in [1.82, 2.24) is 9.88 Å². The van der Waals surface area contributed by atoms with Gasteiger partial charge in [0.1, 0.15) is 5.52 Å². The van der Waals surface area contributed by atoms with Crippen molar-refractivity contribution in [2.24, 2.45) is 0 Å². The summed E-state index contributed by atoms with van der Waals surface area (Å²) in [6, 6.07) is 7.46. The highest BCUT2D eigenvalue weighted by atomic mass is 16.3. The van der Waals surface area contributed by atoms with E-state index in [-0.39, 0.29) is 0 Å². The molecule has 0 amide bonds. The number of hydrogen-bond donors (Lipinski definition) is 1. The van der Waals surface area contributed by atoms with E-state index in [1.54, 1.807) is 0 Å². The van der Waals surface area contributed by atoms with E-state index in [0.29, 0.717) is 18.0 Å². The molecule has 0 radical (unpaired) electrons. The van der Waals surface area contributed by atoms with Gasteiger partial charge in [0.15, 0.2) is 11.5 Å². The van der Waals surface area contributed by atoms with E-state index in [1.807, 2.05) is 6.07 Å². The van der Waals surface area contributed by atoms with Gasteiger partial charge < -0.3 is 9.73 Å². The molecule has 0 spiro atoms. The highest BCUT2D eigenvalue weighted by Crippen LogP contribution is 2.40. The molecule has 1 aromatic heterocycles. The lowest BCUT2D eigenvalue weighted by Crippen LogP contribution is -2.31. The van der Waals surface area contributed by atoms with Crippen LogP contribution in [0.1, 0.15) is 44.9 Å². The lowest BCUT2D eigenvalue weighted by atomic mass is 10.2. The molecule has 4 heteroatoms. The number of nitrogens with one attached hydrogen (secondary N) is 1. The van der Waals surface area contributed by atoms with Crippen LogP contribution < -0.4 is 5.32 Å². The lowest BCUT2D eigenvalue weighted by Gasteiger charge is -2.20. The first kappa shape index (κ1) is 13.1. The summed E-state index contributed by atoms with van der Waals surface area (Å²) in [5.74, 6) is 1.50. The van der Waals surface area contributed by atoms with E-state index in [9.17, 15) is 0 Å². The van der Waals surface area contributed by atoms with Gasteiger partial charge in [-0.15, -0.1) is 0 Å². The van der Waals surface area contributed by atoms with Gasteiger partial charge in [0, 0.05) is 36.8 Å². The number of aromatic nitrogens is 1. The van der Waals surface area contributed by atoms with Crippen LogP contribution in [-0.2, 0) is 0 Å². The predicted molar refractivity (Wildman–Crippen MR) is 84.7 cm³/mol. The molecule has 112 valence electrons. The largest absolute Gasteiger partial charge is 0.440 e. The molecule has 2 aliphatic rings. The third-order valence-corrected chi connectivity index (χ3v) is 4.65. The zero-order chi connectivity index (χ0) is 14.4. The number of fused-ring (bicyclic) bond motifs is 1. The van der Waals surface area contributed by atoms with Crippen LogP contribution in [0.5, 0.6) is 0 Å². The Morgan fingerprint density at radius 1 is 1.29 bits per heavy atom. The van der Waals surface area contributed by atoms with E-state index in [4.69, 9.17) is 4.42 Å². The number of likely N-dealkylation sites (tertiary alicyclic amines) is 1. The summed E-state index contributed by atoms with van der Waals surface area (Å²) in [5, 5.41) is 3.65. The minimum Gasteiger partial charge on any atom is -0.440 e. The maximum Gasteiger partial charge on any atom is 0.198 e. The third kappa shape index (κ3) is 2.64. The average Bonchev–Trinajstić information content (AvgIpc) is 3.06. The second-order valence-electron chi connectivity index (χ2n) is 6.73. The van der Waals surface area contributed by atoms with Gasteiger partial charge in [-0.05, 0) is 51.3 Å². The van der Waals surface area contributed by atoms with Crippen molar-refractivity contribution >= 4 is 16.8 Å². The van der Waals surface area contributed by atoms with E-state index in [1.165, 1.54) is 25.8 Å². The van der Waals surface area contributed by atoms with Crippen LogP contribution in [-0.4, -0.2) is 35.1 Å². The Morgan fingerprint density at radius 3 is 2.86 bits per heavy atom. The first-order valence-corrected chi connectivity index (χ1v) is 8.10. The van der Waals surface area contributed by atoms with Crippen LogP contribution in [0.4, 0.5) is 5.69 Å². The van der Waals surface area contributed by atoms with Gasteiger partial charge in [0.05, 0.1) is 0 Å². The number of anilines is 1. The Bertz CT molecular complexity index is 645. The molecule has 1 saturated carbocycles. The molecule has 2 aromatic rings. The first-order valence-electron chi connectivity index (χ1n) is 8.10. The van der Waals surface area contributed by atoms with Crippen LogP contribution in [0.2, 0.25) is 0 Å². The van der Waals surface area contributed by atoms with Gasteiger partial charge >= 0.3 is 0 Å². The van der Waals surface area contributed by atoms with Crippen LogP contribution in [0.3, 0.4) is 0 Å². The summed E-state index contributed by atoms with van der Waals surface area (Å²) >= 11 is 0. The highest BCUT2D eigenvalue weighted by molar-refractivity contribution is 5.77. The molecule has 1 unspecified atom stereocenters. The number of rotatable bonds is 4. The molecule has 21 heavy (non-hydrogen) atoms. The SMILES string of the molecule is CC(C)N1CCC(Nc2ccc3oc(C4CC4)nc3c2)C1. The van der Waals surface area contributed by atoms with E-state index in [2.05, 4.69) is 41.2 Å². The van der Waals surface area contributed by atoms with Crippen molar-refractivity contribution in [2.45, 2.75) is 51.1 Å². The van der Waals surface area contributed by atoms with Gasteiger partial charge in [0.25, 0.3) is 0 Å². The Hall–Kier alpha value is -1.55. The van der Waals surface area contributed by atoms with E-state index >= 15 is 0 Å². The van der Waals surface area contributed by atoms with Crippen LogP contribution in [0, 0.1) is 0 Å². The highest BCUT2D eigenvalue weighted by Gasteiger charge is 2.29. The lowest BCUT2D eigenvalue weighted by molar-refractivity contribution is 0.274. The topological polar surface area (TPSA) is 41.3 Å². The summed E-state index contributed by atoms with van der Waals surface area (Å²) < 4.78 is 5.82. The quantitative estimate of drug-likeness (QED) is 0.932. The molecule has 1 atom stereocenters. The van der Waals surface area contributed by atoms with Gasteiger partial charge in [-0.3, -0.25) is 4.90 Å². The smallest absolute Gasteiger partial charge is 0.198 e. The predicted octanol–water partition coefficient (Wildman–Crippen LogP) is 3.60. The van der Waals surface area contributed by atoms with Crippen LogP contribution in [0.25, 0.3) is 11.1 Å². The average molecular weight is 285 g/mol. The molecule has 1 aliphatic heterocycles. The minimum absolute atomic E-state index is 0.541. The molecular weight excluding hydrogens is 262 g/mol. The molecule has 1 N–H and O–H groups in total. The molecule has 4 nitrogen and oxygen atoms in total. The molecule has 4 rings (SSSR count). The van der Waals surface area contributed by atoms with Gasteiger partial charge in [-0.25, -0.2) is 4.98 Å². The number of benzene rings is 1. The van der Waals surface area contributed by atoms with Gasteiger partial charge in [-0.1, -0.05) is 0 Å². The molecule has 0 bridgehead atoms. The van der Waals surface area contributed by atoms with Crippen LogP contribution in [0.15, 0.2) is 22.6 Å². The summed E-state index contributed by atoms with van der Waals surface area (Å²) in [7, 11) is 0. The zero-order valence-electron chi connectivity index (χ0n) is 12.8. The molecule has 2 fully saturated rings. The van der Waals surface area contributed by atoms with Gasteiger partial charge in [-0.2, -0.15) is 0 Å². The molecule has 2 heterocycles. The fourth-order valence-electron chi connectivity index (χ4n) is 3.15. The fraction of sp³-hybridized carbons (Fsp3) is 0.588. The monoisotopic (exact) mass is 285 g/mol. The maximum absolute atomic E-state index is 5.82. The van der Waals surface area contributed by atoms with Crippen molar-refractivity contribution in [2.75, 3.05) is 18.4 Å². The Balaban J connectivity index is 1.49. The Kier molecular flexibility index (Phi) is 3.14.